The van der Waals surface area contributed by atoms with Crippen molar-refractivity contribution in [3.8, 4) is 0 Å². The molecule has 1 aromatic carbocycles. The van der Waals surface area contributed by atoms with E-state index in [1.165, 1.54) is 0 Å². The molecule has 4 nitrogen and oxygen atoms in total. The number of halogens is 2. The molecule has 1 aliphatic rings. The minimum Gasteiger partial charge on any atom is -0.325 e. The standard InChI is InChI=1S/C14H20ClN3O.ClH/c1-18(13-5-7-16-8-6-13)10-14(19)17-12-4-2-3-11(15)9-12;/h2-4,9,13,16H,5-8,10H2,1H3,(H,17,19);1H. The van der Waals surface area contributed by atoms with Crippen LogP contribution >= 0.6 is 24.0 Å². The molecule has 112 valence electrons. The van der Waals surface area contributed by atoms with Crippen LogP contribution in [0.15, 0.2) is 24.3 Å². The van der Waals surface area contributed by atoms with E-state index in [2.05, 4.69) is 15.5 Å². The van der Waals surface area contributed by atoms with E-state index < -0.39 is 0 Å². The third-order valence-electron chi connectivity index (χ3n) is 3.43. The van der Waals surface area contributed by atoms with Gasteiger partial charge in [0.15, 0.2) is 0 Å². The molecule has 1 fully saturated rings. The second kappa shape index (κ2) is 8.47. The van der Waals surface area contributed by atoms with E-state index in [1.807, 2.05) is 19.2 Å². The molecule has 1 heterocycles. The highest BCUT2D eigenvalue weighted by Gasteiger charge is 2.19. The topological polar surface area (TPSA) is 44.4 Å². The van der Waals surface area contributed by atoms with Gasteiger partial charge in [-0.3, -0.25) is 9.69 Å². The molecule has 1 aliphatic heterocycles. The van der Waals surface area contributed by atoms with Crippen LogP contribution in [0.5, 0.6) is 0 Å². The molecule has 0 unspecified atom stereocenters. The van der Waals surface area contributed by atoms with Gasteiger partial charge in [0.2, 0.25) is 5.91 Å². The molecular formula is C14H21Cl2N3O. The second-order valence-electron chi connectivity index (χ2n) is 4.95. The molecule has 20 heavy (non-hydrogen) atoms. The fourth-order valence-corrected chi connectivity index (χ4v) is 2.56. The van der Waals surface area contributed by atoms with E-state index in [0.29, 0.717) is 17.6 Å². The summed E-state index contributed by atoms with van der Waals surface area (Å²) in [5.41, 5.74) is 0.746. The lowest BCUT2D eigenvalue weighted by Gasteiger charge is -2.31. The summed E-state index contributed by atoms with van der Waals surface area (Å²) < 4.78 is 0. The second-order valence-corrected chi connectivity index (χ2v) is 5.39. The minimum absolute atomic E-state index is 0. The summed E-state index contributed by atoms with van der Waals surface area (Å²) in [6.45, 7) is 2.48. The number of benzene rings is 1. The Kier molecular flexibility index (Phi) is 7.30. The maximum atomic E-state index is 12.0. The molecule has 0 aromatic heterocycles. The van der Waals surface area contributed by atoms with Crippen molar-refractivity contribution >= 4 is 35.6 Å². The summed E-state index contributed by atoms with van der Waals surface area (Å²) in [4.78, 5) is 14.1. The summed E-state index contributed by atoms with van der Waals surface area (Å²) >= 11 is 5.89. The number of carbonyl (C=O) groups is 1. The number of hydrogen-bond acceptors (Lipinski definition) is 3. The molecule has 6 heteroatoms. The highest BCUT2D eigenvalue weighted by Crippen LogP contribution is 2.15. The number of nitrogens with zero attached hydrogens (tertiary/aromatic N) is 1. The number of nitrogens with one attached hydrogen (secondary N) is 2. The van der Waals surface area contributed by atoms with Crippen LogP contribution in [0.4, 0.5) is 5.69 Å². The lowest BCUT2D eigenvalue weighted by molar-refractivity contribution is -0.117. The maximum Gasteiger partial charge on any atom is 0.238 e. The average molecular weight is 318 g/mol. The van der Waals surface area contributed by atoms with Gasteiger partial charge >= 0.3 is 0 Å². The van der Waals surface area contributed by atoms with E-state index in [0.717, 1.165) is 31.6 Å². The van der Waals surface area contributed by atoms with E-state index >= 15 is 0 Å². The fraction of sp³-hybridized carbons (Fsp3) is 0.500. The minimum atomic E-state index is 0. The summed E-state index contributed by atoms with van der Waals surface area (Å²) in [5, 5.41) is 6.83. The van der Waals surface area contributed by atoms with Crippen LogP contribution < -0.4 is 10.6 Å². The zero-order chi connectivity index (χ0) is 13.7. The van der Waals surface area contributed by atoms with Crippen LogP contribution in [0.3, 0.4) is 0 Å². The molecule has 0 atom stereocenters. The number of likely N-dealkylation sites (N-methyl/N-ethyl adjacent to an activating group) is 1. The number of piperidine rings is 1. The lowest BCUT2D eigenvalue weighted by Crippen LogP contribution is -2.44. The zero-order valence-corrected chi connectivity index (χ0v) is 13.1. The van der Waals surface area contributed by atoms with E-state index in [1.54, 1.807) is 12.1 Å². The molecule has 2 N–H and O–H groups in total. The third kappa shape index (κ3) is 5.29. The Morgan fingerprint density at radius 3 is 2.80 bits per heavy atom. The molecule has 0 spiro atoms. The quantitative estimate of drug-likeness (QED) is 0.896. The van der Waals surface area contributed by atoms with Gasteiger partial charge in [0.05, 0.1) is 6.54 Å². The van der Waals surface area contributed by atoms with Crippen molar-refractivity contribution < 1.29 is 4.79 Å². The Labute approximate surface area is 131 Å². The molecule has 2 rings (SSSR count). The Morgan fingerprint density at radius 1 is 1.45 bits per heavy atom. The maximum absolute atomic E-state index is 12.0. The molecule has 0 aliphatic carbocycles. The summed E-state index contributed by atoms with van der Waals surface area (Å²) in [6, 6.07) is 7.71. The van der Waals surface area contributed by atoms with E-state index in [4.69, 9.17) is 11.6 Å². The van der Waals surface area contributed by atoms with Crippen LogP contribution in [0, 0.1) is 0 Å². The number of anilines is 1. The molecule has 1 saturated heterocycles. The SMILES string of the molecule is CN(CC(=O)Nc1cccc(Cl)c1)C1CCNCC1.Cl. The van der Waals surface area contributed by atoms with Crippen molar-refractivity contribution in [3.05, 3.63) is 29.3 Å². The zero-order valence-electron chi connectivity index (χ0n) is 11.6. The largest absolute Gasteiger partial charge is 0.325 e. The monoisotopic (exact) mass is 317 g/mol. The first-order chi connectivity index (χ1) is 9.15. The highest BCUT2D eigenvalue weighted by atomic mass is 35.5. The van der Waals surface area contributed by atoms with Crippen LogP contribution in [0.25, 0.3) is 0 Å². The first-order valence-corrected chi connectivity index (χ1v) is 6.99. The van der Waals surface area contributed by atoms with Gasteiger partial charge in [0.25, 0.3) is 0 Å². The smallest absolute Gasteiger partial charge is 0.238 e. The predicted octanol–water partition coefficient (Wildman–Crippen LogP) is 2.38. The fourth-order valence-electron chi connectivity index (χ4n) is 2.37. The van der Waals surface area contributed by atoms with Gasteiger partial charge in [-0.2, -0.15) is 0 Å². The van der Waals surface area contributed by atoms with Crippen molar-refractivity contribution in [1.82, 2.24) is 10.2 Å². The van der Waals surface area contributed by atoms with Crippen LogP contribution in [-0.4, -0.2) is 43.5 Å². The van der Waals surface area contributed by atoms with Crippen molar-refractivity contribution in [2.45, 2.75) is 18.9 Å². The summed E-state index contributed by atoms with van der Waals surface area (Å²) in [6.07, 6.45) is 2.20. The van der Waals surface area contributed by atoms with Crippen molar-refractivity contribution in [3.63, 3.8) is 0 Å². The highest BCUT2D eigenvalue weighted by molar-refractivity contribution is 6.30. The molecule has 1 aromatic rings. The van der Waals surface area contributed by atoms with E-state index in [-0.39, 0.29) is 18.3 Å². The molecular weight excluding hydrogens is 297 g/mol. The Morgan fingerprint density at radius 2 is 2.15 bits per heavy atom. The number of hydrogen-bond donors (Lipinski definition) is 2. The van der Waals surface area contributed by atoms with Crippen molar-refractivity contribution in [2.75, 3.05) is 32.0 Å². The van der Waals surface area contributed by atoms with Crippen LogP contribution in [0.1, 0.15) is 12.8 Å². The number of rotatable bonds is 4. The van der Waals surface area contributed by atoms with Gasteiger partial charge in [-0.15, -0.1) is 12.4 Å². The van der Waals surface area contributed by atoms with Gasteiger partial charge in [0.1, 0.15) is 0 Å². The molecule has 1 amide bonds. The van der Waals surface area contributed by atoms with Crippen molar-refractivity contribution in [2.24, 2.45) is 0 Å². The van der Waals surface area contributed by atoms with Crippen molar-refractivity contribution in [1.29, 1.82) is 0 Å². The molecule has 0 radical (unpaired) electrons. The third-order valence-corrected chi connectivity index (χ3v) is 3.67. The van der Waals surface area contributed by atoms with E-state index in [9.17, 15) is 4.79 Å². The summed E-state index contributed by atoms with van der Waals surface area (Å²) in [7, 11) is 2.01. The first-order valence-electron chi connectivity index (χ1n) is 6.61. The lowest BCUT2D eigenvalue weighted by atomic mass is 10.1. The van der Waals surface area contributed by atoms with Gasteiger partial charge < -0.3 is 10.6 Å². The summed E-state index contributed by atoms with van der Waals surface area (Å²) in [5.74, 6) is 0.00305. The molecule has 0 saturated carbocycles. The Balaban J connectivity index is 0.00000200. The Bertz CT molecular complexity index is 436. The predicted molar refractivity (Wildman–Crippen MR) is 85.9 cm³/mol. The van der Waals surface area contributed by atoms with Gasteiger partial charge in [0, 0.05) is 16.8 Å². The first kappa shape index (κ1) is 17.2. The van der Waals surface area contributed by atoms with Gasteiger partial charge in [-0.1, -0.05) is 17.7 Å². The Hall–Kier alpha value is -0.810. The number of carbonyl (C=O) groups excluding carboxylic acids is 1. The molecule has 0 bridgehead atoms. The number of amides is 1. The average Bonchev–Trinajstić information content (AvgIpc) is 2.39. The normalized spacial score (nSPS) is 15.8. The van der Waals surface area contributed by atoms with Gasteiger partial charge in [-0.05, 0) is 51.2 Å². The van der Waals surface area contributed by atoms with Crippen LogP contribution in [0.2, 0.25) is 5.02 Å². The van der Waals surface area contributed by atoms with Gasteiger partial charge in [-0.25, -0.2) is 0 Å². The van der Waals surface area contributed by atoms with Crippen LogP contribution in [-0.2, 0) is 4.79 Å².